The first-order valence-corrected chi connectivity index (χ1v) is 5.50. The normalized spacial score (nSPS) is 25.4. The topological polar surface area (TPSA) is 37.9 Å². The van der Waals surface area contributed by atoms with Gasteiger partial charge in [0, 0.05) is 5.92 Å². The van der Waals surface area contributed by atoms with Crippen LogP contribution in [0.3, 0.4) is 0 Å². The first kappa shape index (κ1) is 9.78. The number of ether oxygens (including phenoxy) is 1. The zero-order valence-electron chi connectivity index (χ0n) is 9.03. The SMILES string of the molecule is CC1CC(c2nc3c(F)cccc3[nH]2)CO1. The molecule has 0 spiro atoms. The van der Waals surface area contributed by atoms with Gasteiger partial charge < -0.3 is 9.72 Å². The minimum absolute atomic E-state index is 0.266. The standard InChI is InChI=1S/C12H13FN2O/c1-7-5-8(6-16-7)12-14-10-4-2-3-9(13)11(10)15-12/h2-4,7-8H,5-6H2,1H3,(H,14,15). The molecule has 0 radical (unpaired) electrons. The predicted molar refractivity (Wildman–Crippen MR) is 58.8 cm³/mol. The van der Waals surface area contributed by atoms with Crippen molar-refractivity contribution in [1.29, 1.82) is 0 Å². The maximum Gasteiger partial charge on any atom is 0.151 e. The van der Waals surface area contributed by atoms with Gasteiger partial charge in [0.05, 0.1) is 18.2 Å². The molecule has 2 heterocycles. The zero-order valence-corrected chi connectivity index (χ0v) is 9.03. The summed E-state index contributed by atoms with van der Waals surface area (Å²) in [4.78, 5) is 7.49. The van der Waals surface area contributed by atoms with Crippen LogP contribution < -0.4 is 0 Å². The summed E-state index contributed by atoms with van der Waals surface area (Å²) in [6.07, 6.45) is 1.21. The van der Waals surface area contributed by atoms with Gasteiger partial charge >= 0.3 is 0 Å². The number of imidazole rings is 1. The summed E-state index contributed by atoms with van der Waals surface area (Å²) in [5.74, 6) is 0.832. The first-order chi connectivity index (χ1) is 7.74. The van der Waals surface area contributed by atoms with Crippen LogP contribution in [-0.2, 0) is 4.74 Å². The van der Waals surface area contributed by atoms with Gasteiger partial charge in [0.1, 0.15) is 11.3 Å². The van der Waals surface area contributed by atoms with E-state index in [0.29, 0.717) is 12.1 Å². The molecule has 3 rings (SSSR count). The molecular formula is C12H13FN2O. The number of halogens is 1. The van der Waals surface area contributed by atoms with Crippen LogP contribution in [-0.4, -0.2) is 22.7 Å². The van der Waals surface area contributed by atoms with E-state index in [-0.39, 0.29) is 17.8 Å². The molecular weight excluding hydrogens is 207 g/mol. The van der Waals surface area contributed by atoms with Crippen molar-refractivity contribution in [2.24, 2.45) is 0 Å². The second-order valence-electron chi connectivity index (χ2n) is 4.33. The lowest BCUT2D eigenvalue weighted by Crippen LogP contribution is -2.00. The second-order valence-corrected chi connectivity index (χ2v) is 4.33. The van der Waals surface area contributed by atoms with Crippen LogP contribution in [0.5, 0.6) is 0 Å². The Labute approximate surface area is 92.6 Å². The highest BCUT2D eigenvalue weighted by molar-refractivity contribution is 5.75. The van der Waals surface area contributed by atoms with Crippen molar-refractivity contribution in [3.8, 4) is 0 Å². The molecule has 0 amide bonds. The zero-order chi connectivity index (χ0) is 11.1. The Hall–Kier alpha value is -1.42. The van der Waals surface area contributed by atoms with Crippen molar-refractivity contribution in [1.82, 2.24) is 9.97 Å². The van der Waals surface area contributed by atoms with E-state index in [1.165, 1.54) is 6.07 Å². The van der Waals surface area contributed by atoms with Crippen LogP contribution in [0.25, 0.3) is 11.0 Å². The third kappa shape index (κ3) is 1.50. The monoisotopic (exact) mass is 220 g/mol. The van der Waals surface area contributed by atoms with E-state index in [2.05, 4.69) is 9.97 Å². The third-order valence-electron chi connectivity index (χ3n) is 3.07. The fourth-order valence-corrected chi connectivity index (χ4v) is 2.22. The molecule has 0 bridgehead atoms. The Morgan fingerprint density at radius 2 is 2.38 bits per heavy atom. The summed E-state index contributed by atoms with van der Waals surface area (Å²) in [5, 5.41) is 0. The first-order valence-electron chi connectivity index (χ1n) is 5.50. The Bertz CT molecular complexity index is 523. The van der Waals surface area contributed by atoms with Crippen molar-refractivity contribution in [2.75, 3.05) is 6.61 Å². The van der Waals surface area contributed by atoms with Crippen LogP contribution in [0.1, 0.15) is 25.1 Å². The molecule has 16 heavy (non-hydrogen) atoms. The van der Waals surface area contributed by atoms with Gasteiger partial charge in [-0.25, -0.2) is 9.37 Å². The van der Waals surface area contributed by atoms with Crippen LogP contribution in [0, 0.1) is 5.82 Å². The highest BCUT2D eigenvalue weighted by Gasteiger charge is 2.26. The fourth-order valence-electron chi connectivity index (χ4n) is 2.22. The summed E-state index contributed by atoms with van der Waals surface area (Å²) in [5.41, 5.74) is 1.19. The number of fused-ring (bicyclic) bond motifs is 1. The van der Waals surface area contributed by atoms with Crippen LogP contribution in [0.2, 0.25) is 0 Å². The number of H-pyrrole nitrogens is 1. The van der Waals surface area contributed by atoms with Gasteiger partial charge in [-0.15, -0.1) is 0 Å². The van der Waals surface area contributed by atoms with Gasteiger partial charge in [-0.05, 0) is 25.5 Å². The summed E-state index contributed by atoms with van der Waals surface area (Å²) < 4.78 is 18.9. The summed E-state index contributed by atoms with van der Waals surface area (Å²) in [6.45, 7) is 2.71. The van der Waals surface area contributed by atoms with Crippen molar-refractivity contribution < 1.29 is 9.13 Å². The number of rotatable bonds is 1. The smallest absolute Gasteiger partial charge is 0.151 e. The number of para-hydroxylation sites is 1. The van der Waals surface area contributed by atoms with E-state index in [4.69, 9.17) is 4.74 Å². The molecule has 0 aliphatic carbocycles. The van der Waals surface area contributed by atoms with Gasteiger partial charge in [0.2, 0.25) is 0 Å². The number of hydrogen-bond donors (Lipinski definition) is 1. The molecule has 1 saturated heterocycles. The van der Waals surface area contributed by atoms with Gasteiger partial charge in [-0.2, -0.15) is 0 Å². The Morgan fingerprint density at radius 3 is 3.06 bits per heavy atom. The summed E-state index contributed by atoms with van der Waals surface area (Å²) >= 11 is 0. The molecule has 84 valence electrons. The number of aromatic nitrogens is 2. The van der Waals surface area contributed by atoms with Gasteiger partial charge in [-0.1, -0.05) is 6.07 Å². The number of nitrogens with zero attached hydrogens (tertiary/aromatic N) is 1. The Morgan fingerprint density at radius 1 is 1.50 bits per heavy atom. The minimum atomic E-state index is -0.271. The van der Waals surface area contributed by atoms with Crippen LogP contribution in [0.4, 0.5) is 4.39 Å². The van der Waals surface area contributed by atoms with Crippen LogP contribution >= 0.6 is 0 Å². The lowest BCUT2D eigenvalue weighted by atomic mass is 10.1. The molecule has 1 fully saturated rings. The fraction of sp³-hybridized carbons (Fsp3) is 0.417. The van der Waals surface area contributed by atoms with E-state index in [9.17, 15) is 4.39 Å². The third-order valence-corrected chi connectivity index (χ3v) is 3.07. The van der Waals surface area contributed by atoms with E-state index < -0.39 is 0 Å². The van der Waals surface area contributed by atoms with Gasteiger partial charge in [0.15, 0.2) is 5.82 Å². The highest BCUT2D eigenvalue weighted by atomic mass is 19.1. The number of nitrogens with one attached hydrogen (secondary N) is 1. The lowest BCUT2D eigenvalue weighted by Gasteiger charge is -2.01. The van der Waals surface area contributed by atoms with Crippen LogP contribution in [0.15, 0.2) is 18.2 Å². The summed E-state index contributed by atoms with van der Waals surface area (Å²) in [6, 6.07) is 4.96. The summed E-state index contributed by atoms with van der Waals surface area (Å²) in [7, 11) is 0. The minimum Gasteiger partial charge on any atom is -0.378 e. The Kier molecular flexibility index (Phi) is 2.17. The molecule has 4 heteroatoms. The molecule has 2 atom stereocenters. The maximum absolute atomic E-state index is 13.4. The molecule has 1 N–H and O–H groups in total. The molecule has 1 aromatic heterocycles. The van der Waals surface area contributed by atoms with Crippen molar-refractivity contribution in [3.63, 3.8) is 0 Å². The van der Waals surface area contributed by atoms with Gasteiger partial charge in [0.25, 0.3) is 0 Å². The van der Waals surface area contributed by atoms with E-state index in [1.807, 2.05) is 13.0 Å². The number of benzene rings is 1. The average molecular weight is 220 g/mol. The highest BCUT2D eigenvalue weighted by Crippen LogP contribution is 2.29. The Balaban J connectivity index is 2.02. The molecule has 1 aliphatic rings. The molecule has 1 aliphatic heterocycles. The van der Waals surface area contributed by atoms with Crippen molar-refractivity contribution >= 4 is 11.0 Å². The predicted octanol–water partition coefficient (Wildman–Crippen LogP) is 2.59. The van der Waals surface area contributed by atoms with Crippen molar-refractivity contribution in [3.05, 3.63) is 29.8 Å². The molecule has 2 unspecified atom stereocenters. The number of hydrogen-bond acceptors (Lipinski definition) is 2. The molecule has 2 aromatic rings. The molecule has 0 saturated carbocycles. The van der Waals surface area contributed by atoms with Gasteiger partial charge in [-0.3, -0.25) is 0 Å². The largest absolute Gasteiger partial charge is 0.378 e. The average Bonchev–Trinajstić information content (AvgIpc) is 2.84. The second kappa shape index (κ2) is 3.56. The van der Waals surface area contributed by atoms with E-state index in [1.54, 1.807) is 6.07 Å². The molecule has 3 nitrogen and oxygen atoms in total. The van der Waals surface area contributed by atoms with E-state index in [0.717, 1.165) is 17.8 Å². The quantitative estimate of drug-likeness (QED) is 0.802. The lowest BCUT2D eigenvalue weighted by molar-refractivity contribution is 0.123. The maximum atomic E-state index is 13.4. The van der Waals surface area contributed by atoms with Crippen molar-refractivity contribution in [2.45, 2.75) is 25.4 Å². The van der Waals surface area contributed by atoms with E-state index >= 15 is 0 Å². The molecule has 1 aromatic carbocycles. The number of aromatic amines is 1.